The van der Waals surface area contributed by atoms with Crippen LogP contribution in [0.5, 0.6) is 0 Å². The topological polar surface area (TPSA) is 48.9 Å². The van der Waals surface area contributed by atoms with Crippen LogP contribution in [0.3, 0.4) is 0 Å². The van der Waals surface area contributed by atoms with Crippen molar-refractivity contribution in [2.24, 2.45) is 10.9 Å². The molecule has 1 heterocycles. The van der Waals surface area contributed by atoms with Crippen molar-refractivity contribution in [2.45, 2.75) is 57.9 Å². The van der Waals surface area contributed by atoms with Crippen LogP contribution >= 0.6 is 24.0 Å². The fraction of sp³-hybridized carbons (Fsp3) is 0.944. The summed E-state index contributed by atoms with van der Waals surface area (Å²) >= 11 is 0. The molecule has 0 unspecified atom stereocenters. The van der Waals surface area contributed by atoms with Crippen LogP contribution in [0.2, 0.25) is 0 Å². The Bertz CT molecular complexity index is 342. The number of aliphatic imine (C=N–C) groups is 1. The van der Waals surface area contributed by atoms with Crippen LogP contribution in [0.15, 0.2) is 4.99 Å². The molecule has 0 amide bonds. The number of ether oxygens (including phenoxy) is 1. The van der Waals surface area contributed by atoms with Crippen molar-refractivity contribution in [3.63, 3.8) is 0 Å². The van der Waals surface area contributed by atoms with Crippen LogP contribution in [0.25, 0.3) is 0 Å². The van der Waals surface area contributed by atoms with Crippen molar-refractivity contribution < 1.29 is 4.74 Å². The van der Waals surface area contributed by atoms with Gasteiger partial charge in [0.25, 0.3) is 0 Å². The van der Waals surface area contributed by atoms with Crippen molar-refractivity contribution in [1.82, 2.24) is 15.5 Å². The summed E-state index contributed by atoms with van der Waals surface area (Å²) < 4.78 is 5.14. The second kappa shape index (κ2) is 13.2. The Morgan fingerprint density at radius 3 is 2.54 bits per heavy atom. The second-order valence-corrected chi connectivity index (χ2v) is 6.95. The van der Waals surface area contributed by atoms with Crippen molar-refractivity contribution in [3.05, 3.63) is 0 Å². The first-order valence-corrected chi connectivity index (χ1v) is 9.58. The maximum atomic E-state index is 5.14. The minimum absolute atomic E-state index is 0. The van der Waals surface area contributed by atoms with Gasteiger partial charge in [-0.15, -0.1) is 24.0 Å². The number of piperidine rings is 1. The van der Waals surface area contributed by atoms with Crippen molar-refractivity contribution in [1.29, 1.82) is 0 Å². The van der Waals surface area contributed by atoms with E-state index in [-0.39, 0.29) is 24.0 Å². The van der Waals surface area contributed by atoms with Gasteiger partial charge in [0, 0.05) is 52.5 Å². The fourth-order valence-corrected chi connectivity index (χ4v) is 3.22. The van der Waals surface area contributed by atoms with Crippen LogP contribution in [-0.2, 0) is 4.74 Å². The minimum Gasteiger partial charge on any atom is -0.385 e. The molecule has 6 heteroatoms. The summed E-state index contributed by atoms with van der Waals surface area (Å²) in [4.78, 5) is 7.30. The first-order chi connectivity index (χ1) is 11.3. The Balaban J connectivity index is 0.00000288. The number of hydrogen-bond donors (Lipinski definition) is 2. The SMILES string of the molecule is CCNC(=NCCCC1CC1)NC1CCN(CCCOC)CC1.I. The first kappa shape index (κ1) is 22.0. The summed E-state index contributed by atoms with van der Waals surface area (Å²) in [6, 6.07) is 0.565. The number of methoxy groups -OCH3 is 1. The largest absolute Gasteiger partial charge is 0.385 e. The van der Waals surface area contributed by atoms with E-state index in [2.05, 4.69) is 22.5 Å². The van der Waals surface area contributed by atoms with Gasteiger partial charge in [0.15, 0.2) is 5.96 Å². The van der Waals surface area contributed by atoms with Gasteiger partial charge in [-0.1, -0.05) is 12.8 Å². The first-order valence-electron chi connectivity index (χ1n) is 9.58. The third-order valence-corrected chi connectivity index (χ3v) is 4.83. The molecule has 1 aliphatic heterocycles. The molecular weight excluding hydrogens is 415 g/mol. The lowest BCUT2D eigenvalue weighted by Gasteiger charge is -2.33. The van der Waals surface area contributed by atoms with Gasteiger partial charge in [0.05, 0.1) is 0 Å². The highest BCUT2D eigenvalue weighted by molar-refractivity contribution is 14.0. The standard InChI is InChI=1S/C18H36N4O.HI/c1-3-19-18(20-11-4-6-16-7-8-16)21-17-9-13-22(14-10-17)12-5-15-23-2;/h16-17H,3-15H2,1-2H3,(H2,19,20,21);1H. The Labute approximate surface area is 165 Å². The van der Waals surface area contributed by atoms with Gasteiger partial charge in [0.2, 0.25) is 0 Å². The van der Waals surface area contributed by atoms with E-state index in [4.69, 9.17) is 9.73 Å². The molecule has 0 atom stereocenters. The molecule has 0 radical (unpaired) electrons. The third kappa shape index (κ3) is 9.42. The Kier molecular flexibility index (Phi) is 12.0. The van der Waals surface area contributed by atoms with E-state index < -0.39 is 0 Å². The Morgan fingerprint density at radius 2 is 1.92 bits per heavy atom. The van der Waals surface area contributed by atoms with Gasteiger partial charge < -0.3 is 20.3 Å². The number of nitrogens with zero attached hydrogens (tertiary/aromatic N) is 2. The number of guanidine groups is 1. The highest BCUT2D eigenvalue weighted by Crippen LogP contribution is 2.33. The number of hydrogen-bond acceptors (Lipinski definition) is 3. The average Bonchev–Trinajstić information content (AvgIpc) is 3.38. The van der Waals surface area contributed by atoms with Crippen molar-refractivity contribution in [2.75, 3.05) is 46.4 Å². The Morgan fingerprint density at radius 1 is 1.17 bits per heavy atom. The molecular formula is C18H37IN4O. The zero-order chi connectivity index (χ0) is 16.3. The van der Waals surface area contributed by atoms with E-state index in [1.165, 1.54) is 51.6 Å². The minimum atomic E-state index is 0. The molecule has 2 fully saturated rings. The van der Waals surface area contributed by atoms with Crippen LogP contribution in [-0.4, -0.2) is 63.3 Å². The van der Waals surface area contributed by atoms with E-state index in [0.29, 0.717) is 6.04 Å². The highest BCUT2D eigenvalue weighted by Gasteiger charge is 2.21. The lowest BCUT2D eigenvalue weighted by atomic mass is 10.1. The third-order valence-electron chi connectivity index (χ3n) is 4.83. The summed E-state index contributed by atoms with van der Waals surface area (Å²) in [6.07, 6.45) is 9.05. The quantitative estimate of drug-likeness (QED) is 0.232. The number of likely N-dealkylation sites (tertiary alicyclic amines) is 1. The van der Waals surface area contributed by atoms with Crippen LogP contribution < -0.4 is 10.6 Å². The molecule has 0 aromatic heterocycles. The molecule has 0 bridgehead atoms. The van der Waals surface area contributed by atoms with Gasteiger partial charge in [0.1, 0.15) is 0 Å². The molecule has 2 rings (SSSR count). The van der Waals surface area contributed by atoms with Crippen LogP contribution in [0, 0.1) is 5.92 Å². The van der Waals surface area contributed by atoms with Gasteiger partial charge in [-0.3, -0.25) is 4.99 Å². The molecule has 0 spiro atoms. The molecule has 0 aromatic rings. The molecule has 5 nitrogen and oxygen atoms in total. The molecule has 2 aliphatic rings. The monoisotopic (exact) mass is 452 g/mol. The maximum absolute atomic E-state index is 5.14. The van der Waals surface area contributed by atoms with Crippen LogP contribution in [0.1, 0.15) is 51.9 Å². The summed E-state index contributed by atoms with van der Waals surface area (Å²) in [5.41, 5.74) is 0. The predicted molar refractivity (Wildman–Crippen MR) is 112 cm³/mol. The molecule has 142 valence electrons. The fourth-order valence-electron chi connectivity index (χ4n) is 3.22. The maximum Gasteiger partial charge on any atom is 0.191 e. The Hall–Kier alpha value is -0.0800. The molecule has 24 heavy (non-hydrogen) atoms. The normalized spacial score (nSPS) is 19.8. The number of rotatable bonds is 10. The zero-order valence-corrected chi connectivity index (χ0v) is 17.9. The summed E-state index contributed by atoms with van der Waals surface area (Å²) in [5, 5.41) is 7.03. The van der Waals surface area contributed by atoms with Crippen molar-refractivity contribution >= 4 is 29.9 Å². The molecule has 1 saturated carbocycles. The number of nitrogens with one attached hydrogen (secondary N) is 2. The molecule has 1 aliphatic carbocycles. The zero-order valence-electron chi connectivity index (χ0n) is 15.6. The van der Waals surface area contributed by atoms with Crippen LogP contribution in [0.4, 0.5) is 0 Å². The predicted octanol–water partition coefficient (Wildman–Crippen LogP) is 2.85. The van der Waals surface area contributed by atoms with Crippen molar-refractivity contribution in [3.8, 4) is 0 Å². The van der Waals surface area contributed by atoms with E-state index in [0.717, 1.165) is 44.5 Å². The van der Waals surface area contributed by atoms with Gasteiger partial charge in [-0.25, -0.2) is 0 Å². The summed E-state index contributed by atoms with van der Waals surface area (Å²) in [6.45, 7) is 8.43. The number of halogens is 1. The summed E-state index contributed by atoms with van der Waals surface area (Å²) in [5.74, 6) is 2.03. The van der Waals surface area contributed by atoms with E-state index in [1.54, 1.807) is 7.11 Å². The second-order valence-electron chi connectivity index (χ2n) is 6.95. The lowest BCUT2D eigenvalue weighted by molar-refractivity contribution is 0.155. The highest BCUT2D eigenvalue weighted by atomic mass is 127. The molecule has 1 saturated heterocycles. The molecule has 2 N–H and O–H groups in total. The lowest BCUT2D eigenvalue weighted by Crippen LogP contribution is -2.48. The summed E-state index contributed by atoms with van der Waals surface area (Å²) in [7, 11) is 1.78. The van der Waals surface area contributed by atoms with Gasteiger partial charge >= 0.3 is 0 Å². The average molecular weight is 452 g/mol. The molecule has 0 aromatic carbocycles. The smallest absolute Gasteiger partial charge is 0.191 e. The van der Waals surface area contributed by atoms with E-state index in [1.807, 2.05) is 0 Å². The van der Waals surface area contributed by atoms with Gasteiger partial charge in [-0.05, 0) is 44.9 Å². The van der Waals surface area contributed by atoms with E-state index in [9.17, 15) is 0 Å². The van der Waals surface area contributed by atoms with Gasteiger partial charge in [-0.2, -0.15) is 0 Å². The van der Waals surface area contributed by atoms with E-state index >= 15 is 0 Å².